The van der Waals surface area contributed by atoms with Gasteiger partial charge in [-0.1, -0.05) is 17.7 Å². The first-order chi connectivity index (χ1) is 16.8. The summed E-state index contributed by atoms with van der Waals surface area (Å²) in [4.78, 5) is 36.2. The Bertz CT molecular complexity index is 1150. The minimum absolute atomic E-state index is 0.105. The molecule has 2 amide bonds. The maximum Gasteiger partial charge on any atom is 0.416 e. The molecule has 9 nitrogen and oxygen atoms in total. The summed E-state index contributed by atoms with van der Waals surface area (Å²) in [6.45, 7) is 1.07. The zero-order chi connectivity index (χ0) is 27.0. The summed E-state index contributed by atoms with van der Waals surface area (Å²) < 4.78 is 40.0. The van der Waals surface area contributed by atoms with Gasteiger partial charge in [-0.2, -0.15) is 13.2 Å². The summed E-state index contributed by atoms with van der Waals surface area (Å²) in [6, 6.07) is 6.21. The third-order valence-electron chi connectivity index (χ3n) is 5.18. The zero-order valence-corrected chi connectivity index (χ0v) is 19.4. The van der Waals surface area contributed by atoms with Gasteiger partial charge in [0.15, 0.2) is 0 Å². The van der Waals surface area contributed by atoms with Crippen LogP contribution in [0, 0.1) is 12.3 Å². The molecule has 0 fully saturated rings. The number of nitrogens with one attached hydrogen (secondary N) is 3. The summed E-state index contributed by atoms with van der Waals surface area (Å²) in [5, 5.41) is 31.1. The average Bonchev–Trinajstić information content (AvgIpc) is 2.77. The Hall–Kier alpha value is -4.09. The molecule has 0 heterocycles. The average molecular weight is 508 g/mol. The highest BCUT2D eigenvalue weighted by atomic mass is 19.4. The van der Waals surface area contributed by atoms with Crippen molar-refractivity contribution < 1.29 is 37.8 Å². The fraction of sp³-hybridized carbons (Fsp3) is 0.333. The quantitative estimate of drug-likeness (QED) is 0.202. The van der Waals surface area contributed by atoms with Crippen LogP contribution >= 0.6 is 0 Å². The lowest BCUT2D eigenvalue weighted by Gasteiger charge is -2.19. The van der Waals surface area contributed by atoms with E-state index in [1.54, 1.807) is 13.0 Å². The Morgan fingerprint density at radius 2 is 1.83 bits per heavy atom. The number of carbonyl (C=O) groups excluding carboxylic acids is 2. The van der Waals surface area contributed by atoms with Crippen LogP contribution in [0.4, 0.5) is 13.2 Å². The van der Waals surface area contributed by atoms with Crippen molar-refractivity contribution in [2.24, 2.45) is 5.73 Å². The van der Waals surface area contributed by atoms with Crippen molar-refractivity contribution in [3.05, 3.63) is 64.2 Å². The van der Waals surface area contributed by atoms with Crippen molar-refractivity contribution in [2.75, 3.05) is 6.54 Å². The molecular weight excluding hydrogens is 481 g/mol. The molecule has 0 saturated carbocycles. The monoisotopic (exact) mass is 508 g/mol. The summed E-state index contributed by atoms with van der Waals surface area (Å²) in [5.74, 6) is -3.31. The van der Waals surface area contributed by atoms with Gasteiger partial charge < -0.3 is 26.6 Å². The van der Waals surface area contributed by atoms with Crippen LogP contribution in [0.25, 0.3) is 0 Å². The van der Waals surface area contributed by atoms with Crippen molar-refractivity contribution in [3.8, 4) is 5.75 Å². The molecule has 0 aliphatic rings. The number of aliphatic carboxylic acids is 1. The standard InChI is InChI=1S/C24H27F3N4O5/c1-13-5-6-19(32)17(7-13)18(11-22(34)35)31-21(33)12-30-23(36)15-8-14(3-2-4-20(28)29)9-16(10-15)24(25,26)27/h5-10,18,32H,2-4,11-12H2,1H3,(H3,28,29)(H,30,36)(H,31,33)(H,34,35). The second-order valence-corrected chi connectivity index (χ2v) is 8.26. The summed E-state index contributed by atoms with van der Waals surface area (Å²) in [7, 11) is 0. The van der Waals surface area contributed by atoms with Gasteiger partial charge in [-0.25, -0.2) is 0 Å². The van der Waals surface area contributed by atoms with Crippen molar-refractivity contribution in [1.29, 1.82) is 5.41 Å². The molecule has 0 bridgehead atoms. The molecular formula is C24H27F3N4O5. The molecule has 0 aromatic heterocycles. The van der Waals surface area contributed by atoms with Gasteiger partial charge in [-0.15, -0.1) is 0 Å². The van der Waals surface area contributed by atoms with E-state index >= 15 is 0 Å². The van der Waals surface area contributed by atoms with Gasteiger partial charge in [0.2, 0.25) is 5.91 Å². The van der Waals surface area contributed by atoms with Crippen molar-refractivity contribution in [1.82, 2.24) is 10.6 Å². The number of halogens is 3. The van der Waals surface area contributed by atoms with Crippen LogP contribution in [-0.4, -0.2) is 40.4 Å². The molecule has 2 aromatic rings. The number of aromatic hydroxyl groups is 1. The Morgan fingerprint density at radius 1 is 1.14 bits per heavy atom. The second kappa shape index (κ2) is 12.0. The Balaban J connectivity index is 2.14. The topological polar surface area (TPSA) is 166 Å². The molecule has 2 aromatic carbocycles. The third-order valence-corrected chi connectivity index (χ3v) is 5.18. The SMILES string of the molecule is Cc1ccc(O)c(C(CC(=O)O)NC(=O)CNC(=O)c2cc(CCCC(=N)N)cc(C(F)(F)F)c2)c1. The number of hydrogen-bond acceptors (Lipinski definition) is 5. The van der Waals surface area contributed by atoms with E-state index in [4.69, 9.17) is 11.1 Å². The van der Waals surface area contributed by atoms with Gasteiger partial charge in [0.05, 0.1) is 30.4 Å². The number of phenolic OH excluding ortho intramolecular Hbond substituents is 1. The predicted molar refractivity (Wildman–Crippen MR) is 125 cm³/mol. The largest absolute Gasteiger partial charge is 0.508 e. The number of aryl methyl sites for hydroxylation is 2. The van der Waals surface area contributed by atoms with E-state index in [9.17, 15) is 37.8 Å². The maximum atomic E-state index is 13.3. The Morgan fingerprint density at radius 3 is 2.44 bits per heavy atom. The highest BCUT2D eigenvalue weighted by Crippen LogP contribution is 2.31. The van der Waals surface area contributed by atoms with Crippen LogP contribution in [0.15, 0.2) is 36.4 Å². The molecule has 1 unspecified atom stereocenters. The van der Waals surface area contributed by atoms with E-state index < -0.39 is 48.5 Å². The molecule has 0 spiro atoms. The van der Waals surface area contributed by atoms with Crippen LogP contribution in [0.3, 0.4) is 0 Å². The first-order valence-corrected chi connectivity index (χ1v) is 10.9. The summed E-state index contributed by atoms with van der Waals surface area (Å²) in [5.41, 5.74) is 5.03. The maximum absolute atomic E-state index is 13.3. The fourth-order valence-electron chi connectivity index (χ4n) is 3.49. The zero-order valence-electron chi connectivity index (χ0n) is 19.4. The van der Waals surface area contributed by atoms with E-state index in [1.165, 1.54) is 18.2 Å². The minimum atomic E-state index is -4.71. The van der Waals surface area contributed by atoms with Gasteiger partial charge >= 0.3 is 12.1 Å². The van der Waals surface area contributed by atoms with Crippen molar-refractivity contribution >= 4 is 23.6 Å². The van der Waals surface area contributed by atoms with E-state index in [2.05, 4.69) is 10.6 Å². The number of carboxylic acids is 1. The predicted octanol–water partition coefficient (Wildman–Crippen LogP) is 3.04. The highest BCUT2D eigenvalue weighted by molar-refractivity contribution is 5.97. The van der Waals surface area contributed by atoms with Crippen LogP contribution < -0.4 is 16.4 Å². The summed E-state index contributed by atoms with van der Waals surface area (Å²) >= 11 is 0. The number of hydrogen-bond donors (Lipinski definition) is 6. The van der Waals surface area contributed by atoms with Gasteiger partial charge in [0.25, 0.3) is 5.91 Å². The fourth-order valence-corrected chi connectivity index (χ4v) is 3.49. The first-order valence-electron chi connectivity index (χ1n) is 10.9. The molecule has 7 N–H and O–H groups in total. The molecule has 1 atom stereocenters. The number of alkyl halides is 3. The molecule has 194 valence electrons. The number of rotatable bonds is 11. The van der Waals surface area contributed by atoms with E-state index in [0.29, 0.717) is 18.1 Å². The van der Waals surface area contributed by atoms with Gasteiger partial charge in [-0.3, -0.25) is 19.8 Å². The van der Waals surface area contributed by atoms with Gasteiger partial charge in [0.1, 0.15) is 5.75 Å². The molecule has 12 heteroatoms. The number of amides is 2. The van der Waals surface area contributed by atoms with Gasteiger partial charge in [-0.05, 0) is 49.6 Å². The van der Waals surface area contributed by atoms with Gasteiger partial charge in [0, 0.05) is 17.5 Å². The van der Waals surface area contributed by atoms with Crippen LogP contribution in [0.2, 0.25) is 0 Å². The normalized spacial score (nSPS) is 12.0. The molecule has 0 radical (unpaired) electrons. The van der Waals surface area contributed by atoms with Crippen molar-refractivity contribution in [3.63, 3.8) is 0 Å². The lowest BCUT2D eigenvalue weighted by molar-refractivity contribution is -0.138. The lowest BCUT2D eigenvalue weighted by Crippen LogP contribution is -2.39. The number of nitrogens with two attached hydrogens (primary N) is 1. The molecule has 0 aliphatic heterocycles. The van der Waals surface area contributed by atoms with E-state index in [-0.39, 0.29) is 41.1 Å². The number of amidine groups is 1. The van der Waals surface area contributed by atoms with Crippen LogP contribution in [-0.2, 0) is 22.2 Å². The number of benzene rings is 2. The second-order valence-electron chi connectivity index (χ2n) is 8.26. The molecule has 36 heavy (non-hydrogen) atoms. The first kappa shape index (κ1) is 28.1. The third kappa shape index (κ3) is 8.60. The van der Waals surface area contributed by atoms with Crippen LogP contribution in [0.5, 0.6) is 5.75 Å². The Kier molecular flexibility index (Phi) is 9.42. The smallest absolute Gasteiger partial charge is 0.416 e. The molecule has 2 rings (SSSR count). The number of carboxylic acid groups (broad SMARTS) is 1. The molecule has 0 aliphatic carbocycles. The lowest BCUT2D eigenvalue weighted by atomic mass is 10.00. The Labute approximate surface area is 205 Å². The highest BCUT2D eigenvalue weighted by Gasteiger charge is 2.32. The van der Waals surface area contributed by atoms with E-state index in [0.717, 1.165) is 6.07 Å². The van der Waals surface area contributed by atoms with Crippen LogP contribution in [0.1, 0.15) is 57.9 Å². The summed E-state index contributed by atoms with van der Waals surface area (Å²) in [6.07, 6.45) is -4.60. The van der Waals surface area contributed by atoms with E-state index in [1.807, 2.05) is 0 Å². The number of carbonyl (C=O) groups is 3. The molecule has 0 saturated heterocycles. The number of phenols is 1. The van der Waals surface area contributed by atoms with Crippen molar-refractivity contribution in [2.45, 2.75) is 44.8 Å². The minimum Gasteiger partial charge on any atom is -0.508 e.